The van der Waals surface area contributed by atoms with Gasteiger partial charge in [0.05, 0.1) is 5.56 Å². The van der Waals surface area contributed by atoms with E-state index in [0.29, 0.717) is 24.9 Å². The molecule has 0 radical (unpaired) electrons. The number of pyridine rings is 1. The molecule has 2 N–H and O–H groups in total. The van der Waals surface area contributed by atoms with Crippen molar-refractivity contribution in [1.82, 2.24) is 20.5 Å². The Morgan fingerprint density at radius 2 is 2.15 bits per heavy atom. The van der Waals surface area contributed by atoms with Crippen molar-refractivity contribution in [3.8, 4) is 0 Å². The minimum Gasteiger partial charge on any atom is -0.352 e. The van der Waals surface area contributed by atoms with Crippen LogP contribution in [0.1, 0.15) is 23.2 Å². The van der Waals surface area contributed by atoms with Crippen molar-refractivity contribution >= 4 is 11.8 Å². The third-order valence-corrected chi connectivity index (χ3v) is 3.25. The Bertz CT molecular complexity index is 444. The first-order valence-electron chi connectivity index (χ1n) is 6.94. The topological polar surface area (TPSA) is 74.3 Å². The lowest BCUT2D eigenvalue weighted by Crippen LogP contribution is -2.46. The van der Waals surface area contributed by atoms with Crippen LogP contribution in [0.25, 0.3) is 0 Å². The van der Waals surface area contributed by atoms with Crippen molar-refractivity contribution in [3.63, 3.8) is 0 Å². The lowest BCUT2D eigenvalue weighted by atomic mass is 10.2. The number of amides is 2. The van der Waals surface area contributed by atoms with Gasteiger partial charge in [0.25, 0.3) is 5.91 Å². The number of aromatic nitrogens is 1. The van der Waals surface area contributed by atoms with Crippen LogP contribution in [-0.4, -0.2) is 54.4 Å². The summed E-state index contributed by atoms with van der Waals surface area (Å²) < 4.78 is 0. The van der Waals surface area contributed by atoms with Gasteiger partial charge in [0, 0.05) is 51.5 Å². The number of rotatable bonds is 5. The zero-order valence-electron chi connectivity index (χ0n) is 11.5. The molecule has 1 aromatic heterocycles. The van der Waals surface area contributed by atoms with Gasteiger partial charge < -0.3 is 15.5 Å². The Kier molecular flexibility index (Phi) is 5.49. The number of piperazine rings is 1. The van der Waals surface area contributed by atoms with Crippen molar-refractivity contribution in [2.24, 2.45) is 0 Å². The minimum absolute atomic E-state index is 0.146. The average Bonchev–Trinajstić information content (AvgIpc) is 2.53. The van der Waals surface area contributed by atoms with Crippen molar-refractivity contribution in [2.45, 2.75) is 12.8 Å². The van der Waals surface area contributed by atoms with Crippen LogP contribution >= 0.6 is 0 Å². The maximum atomic E-state index is 11.9. The molecule has 1 aromatic rings. The molecule has 2 heterocycles. The van der Waals surface area contributed by atoms with Crippen LogP contribution in [0.3, 0.4) is 0 Å². The van der Waals surface area contributed by atoms with Gasteiger partial charge in [0.1, 0.15) is 0 Å². The molecule has 1 aliphatic heterocycles. The number of hydrogen-bond acceptors (Lipinski definition) is 4. The summed E-state index contributed by atoms with van der Waals surface area (Å²) in [4.78, 5) is 29.4. The lowest BCUT2D eigenvalue weighted by Gasteiger charge is -2.27. The molecule has 0 bridgehead atoms. The summed E-state index contributed by atoms with van der Waals surface area (Å²) >= 11 is 0. The number of hydrogen-bond donors (Lipinski definition) is 2. The van der Waals surface area contributed by atoms with Crippen molar-refractivity contribution < 1.29 is 9.59 Å². The molecule has 1 aliphatic rings. The first kappa shape index (κ1) is 14.5. The fourth-order valence-corrected chi connectivity index (χ4v) is 2.11. The van der Waals surface area contributed by atoms with E-state index in [-0.39, 0.29) is 11.8 Å². The van der Waals surface area contributed by atoms with Crippen LogP contribution in [0.15, 0.2) is 24.5 Å². The fourth-order valence-electron chi connectivity index (χ4n) is 2.11. The van der Waals surface area contributed by atoms with E-state index in [1.165, 1.54) is 6.20 Å². The molecule has 0 spiro atoms. The Balaban J connectivity index is 1.64. The maximum Gasteiger partial charge on any atom is 0.252 e. The van der Waals surface area contributed by atoms with Crippen LogP contribution in [0, 0.1) is 0 Å². The van der Waals surface area contributed by atoms with E-state index < -0.39 is 0 Å². The second-order valence-corrected chi connectivity index (χ2v) is 4.73. The van der Waals surface area contributed by atoms with E-state index in [1.807, 2.05) is 4.90 Å². The van der Waals surface area contributed by atoms with Crippen molar-refractivity contribution in [1.29, 1.82) is 0 Å². The standard InChI is InChI=1S/C14H20N4O2/c19-13(18-9-7-15-8-10-18)4-2-6-17-14(20)12-3-1-5-16-11-12/h1,3,5,11,15H,2,4,6-10H2,(H,17,20). The maximum absolute atomic E-state index is 11.9. The van der Waals surface area contributed by atoms with Crippen LogP contribution < -0.4 is 10.6 Å². The molecule has 0 aliphatic carbocycles. The first-order chi connectivity index (χ1) is 9.77. The quantitative estimate of drug-likeness (QED) is 0.744. The molecule has 1 fully saturated rings. The van der Waals surface area contributed by atoms with Crippen LogP contribution in [0.5, 0.6) is 0 Å². The smallest absolute Gasteiger partial charge is 0.252 e. The summed E-state index contributed by atoms with van der Waals surface area (Å²) in [5.74, 6) is 0.0230. The fraction of sp³-hybridized carbons (Fsp3) is 0.500. The summed E-state index contributed by atoms with van der Waals surface area (Å²) in [7, 11) is 0. The SMILES string of the molecule is O=C(NCCCC(=O)N1CCNCC1)c1cccnc1. The van der Waals surface area contributed by atoms with Crippen molar-refractivity contribution in [3.05, 3.63) is 30.1 Å². The van der Waals surface area contributed by atoms with Gasteiger partial charge in [0.2, 0.25) is 5.91 Å². The van der Waals surface area contributed by atoms with E-state index in [0.717, 1.165) is 26.2 Å². The second-order valence-electron chi connectivity index (χ2n) is 4.73. The molecule has 20 heavy (non-hydrogen) atoms. The summed E-state index contributed by atoms with van der Waals surface area (Å²) in [6.45, 7) is 3.79. The van der Waals surface area contributed by atoms with E-state index in [2.05, 4.69) is 15.6 Å². The van der Waals surface area contributed by atoms with Crippen LogP contribution in [0.4, 0.5) is 0 Å². The molecule has 0 saturated carbocycles. The van der Waals surface area contributed by atoms with Gasteiger partial charge in [-0.1, -0.05) is 0 Å². The van der Waals surface area contributed by atoms with Crippen LogP contribution in [-0.2, 0) is 4.79 Å². The highest BCUT2D eigenvalue weighted by Gasteiger charge is 2.15. The zero-order chi connectivity index (χ0) is 14.2. The average molecular weight is 276 g/mol. The summed E-state index contributed by atoms with van der Waals surface area (Å²) in [5, 5.41) is 6.01. The third-order valence-electron chi connectivity index (χ3n) is 3.25. The normalized spacial score (nSPS) is 14.9. The minimum atomic E-state index is -0.146. The van der Waals surface area contributed by atoms with Gasteiger partial charge in [-0.3, -0.25) is 14.6 Å². The van der Waals surface area contributed by atoms with Gasteiger partial charge in [-0.05, 0) is 18.6 Å². The van der Waals surface area contributed by atoms with Gasteiger partial charge in [0.15, 0.2) is 0 Å². The predicted octanol–water partition coefficient (Wildman–Crippen LogP) is 0.0234. The van der Waals surface area contributed by atoms with Gasteiger partial charge in [-0.25, -0.2) is 0 Å². The monoisotopic (exact) mass is 276 g/mol. The highest BCUT2D eigenvalue weighted by Crippen LogP contribution is 2.00. The molecular weight excluding hydrogens is 256 g/mol. The highest BCUT2D eigenvalue weighted by molar-refractivity contribution is 5.93. The van der Waals surface area contributed by atoms with E-state index >= 15 is 0 Å². The molecule has 0 unspecified atom stereocenters. The molecule has 0 aromatic carbocycles. The molecule has 2 amide bonds. The first-order valence-corrected chi connectivity index (χ1v) is 6.94. The molecule has 108 valence electrons. The Morgan fingerprint density at radius 3 is 2.85 bits per heavy atom. The molecule has 6 heteroatoms. The Labute approximate surface area is 118 Å². The van der Waals surface area contributed by atoms with Gasteiger partial charge in [-0.15, -0.1) is 0 Å². The zero-order valence-corrected chi connectivity index (χ0v) is 11.5. The molecule has 6 nitrogen and oxygen atoms in total. The Morgan fingerprint density at radius 1 is 1.35 bits per heavy atom. The van der Waals surface area contributed by atoms with Gasteiger partial charge in [-0.2, -0.15) is 0 Å². The number of carbonyl (C=O) groups excluding carboxylic acids is 2. The second kappa shape index (κ2) is 7.59. The van der Waals surface area contributed by atoms with E-state index in [4.69, 9.17) is 0 Å². The number of nitrogens with one attached hydrogen (secondary N) is 2. The molecule has 1 saturated heterocycles. The van der Waals surface area contributed by atoms with Crippen molar-refractivity contribution in [2.75, 3.05) is 32.7 Å². The van der Waals surface area contributed by atoms with E-state index in [1.54, 1.807) is 18.3 Å². The number of carbonyl (C=O) groups is 2. The summed E-state index contributed by atoms with van der Waals surface area (Å²) in [5.41, 5.74) is 0.543. The summed E-state index contributed by atoms with van der Waals surface area (Å²) in [6.07, 6.45) is 4.30. The Hall–Kier alpha value is -1.95. The largest absolute Gasteiger partial charge is 0.352 e. The molecule has 2 rings (SSSR count). The third kappa shape index (κ3) is 4.31. The van der Waals surface area contributed by atoms with Gasteiger partial charge >= 0.3 is 0 Å². The molecule has 0 atom stereocenters. The predicted molar refractivity (Wildman–Crippen MR) is 75.3 cm³/mol. The lowest BCUT2D eigenvalue weighted by molar-refractivity contribution is -0.131. The van der Waals surface area contributed by atoms with E-state index in [9.17, 15) is 9.59 Å². The number of nitrogens with zero attached hydrogens (tertiary/aromatic N) is 2. The molecular formula is C14H20N4O2. The highest BCUT2D eigenvalue weighted by atomic mass is 16.2. The summed E-state index contributed by atoms with van der Waals surface area (Å²) in [6, 6.07) is 3.44. The van der Waals surface area contributed by atoms with Crippen LogP contribution in [0.2, 0.25) is 0 Å².